The van der Waals surface area contributed by atoms with Crippen molar-refractivity contribution < 1.29 is 19.8 Å². The Kier molecular flexibility index (Phi) is 4.70. The van der Waals surface area contributed by atoms with Gasteiger partial charge in [-0.15, -0.1) is 20.2 Å². The molecule has 1 heterocycles. The summed E-state index contributed by atoms with van der Waals surface area (Å²) >= 11 is 0. The second-order valence-electron chi connectivity index (χ2n) is 3.52. The molecule has 1 N–H and O–H groups in total. The third-order valence-corrected chi connectivity index (χ3v) is 2.39. The van der Waals surface area contributed by atoms with E-state index in [0.29, 0.717) is 0 Å². The van der Waals surface area contributed by atoms with E-state index >= 15 is 0 Å². The van der Waals surface area contributed by atoms with Gasteiger partial charge >= 0.3 is 0 Å². The molecule has 0 aromatic heterocycles. The van der Waals surface area contributed by atoms with Crippen molar-refractivity contribution in [1.82, 2.24) is 5.32 Å². The summed E-state index contributed by atoms with van der Waals surface area (Å²) in [4.78, 5) is 28.4. The number of nitrogens with zero attached hydrogens (tertiary/aromatic N) is 2. The van der Waals surface area contributed by atoms with Crippen LogP contribution in [0.2, 0.25) is 0 Å². The van der Waals surface area contributed by atoms with E-state index in [2.05, 4.69) is 15.0 Å². The lowest BCUT2D eigenvalue weighted by Crippen LogP contribution is -2.32. The Morgan fingerprint density at radius 2 is 1.69 bits per heavy atom. The molecule has 1 saturated heterocycles. The standard InChI is InChI=1S/C7H13N3O6/c11-9(12)15-7(16-10(13)14)5-6-1-3-8-4-2-6/h6-8H,1-5H2. The minimum absolute atomic E-state index is 0.145. The summed E-state index contributed by atoms with van der Waals surface area (Å²) in [7, 11) is 0. The van der Waals surface area contributed by atoms with E-state index in [1.54, 1.807) is 0 Å². The summed E-state index contributed by atoms with van der Waals surface area (Å²) < 4.78 is 0. The van der Waals surface area contributed by atoms with Crippen LogP contribution in [0.3, 0.4) is 0 Å². The monoisotopic (exact) mass is 235 g/mol. The topological polar surface area (TPSA) is 117 Å². The van der Waals surface area contributed by atoms with Crippen LogP contribution in [-0.4, -0.2) is 29.6 Å². The maximum Gasteiger partial charge on any atom is 0.296 e. The molecule has 92 valence electrons. The van der Waals surface area contributed by atoms with Crippen LogP contribution in [0.4, 0.5) is 0 Å². The van der Waals surface area contributed by atoms with Crippen molar-refractivity contribution in [3.8, 4) is 0 Å². The van der Waals surface area contributed by atoms with Crippen molar-refractivity contribution in [2.24, 2.45) is 5.92 Å². The van der Waals surface area contributed by atoms with Gasteiger partial charge in [-0.3, -0.25) is 9.68 Å². The summed E-state index contributed by atoms with van der Waals surface area (Å²) in [5, 5.41) is 21.2. The molecule has 1 fully saturated rings. The molecule has 1 rings (SSSR count). The van der Waals surface area contributed by atoms with E-state index in [0.717, 1.165) is 25.9 Å². The first-order valence-corrected chi connectivity index (χ1v) is 4.91. The summed E-state index contributed by atoms with van der Waals surface area (Å²) in [5.74, 6) is 0.145. The van der Waals surface area contributed by atoms with E-state index < -0.39 is 16.5 Å². The molecule has 0 amide bonds. The number of nitrogens with one attached hydrogen (secondary N) is 1. The van der Waals surface area contributed by atoms with Gasteiger partial charge in [0.2, 0.25) is 0 Å². The number of piperidine rings is 1. The summed E-state index contributed by atoms with van der Waals surface area (Å²) in [6.07, 6.45) is 0.342. The smallest absolute Gasteiger partial charge is 0.296 e. The number of rotatable bonds is 6. The molecule has 0 spiro atoms. The van der Waals surface area contributed by atoms with Crippen molar-refractivity contribution in [2.45, 2.75) is 25.6 Å². The molecule has 0 unspecified atom stereocenters. The molecule has 1 aliphatic heterocycles. The van der Waals surface area contributed by atoms with Crippen LogP contribution >= 0.6 is 0 Å². The highest BCUT2D eigenvalue weighted by molar-refractivity contribution is 4.69. The first-order chi connectivity index (χ1) is 7.58. The fraction of sp³-hybridized carbons (Fsp3) is 1.00. The van der Waals surface area contributed by atoms with E-state index in [1.807, 2.05) is 0 Å². The zero-order valence-corrected chi connectivity index (χ0v) is 8.53. The minimum Gasteiger partial charge on any atom is -0.317 e. The first-order valence-electron chi connectivity index (χ1n) is 4.91. The maximum atomic E-state index is 10.1. The molecule has 0 atom stereocenters. The van der Waals surface area contributed by atoms with Crippen molar-refractivity contribution in [3.63, 3.8) is 0 Å². The molecule has 9 nitrogen and oxygen atoms in total. The molecule has 0 aromatic carbocycles. The van der Waals surface area contributed by atoms with Gasteiger partial charge in [-0.2, -0.15) is 0 Å². The summed E-state index contributed by atoms with van der Waals surface area (Å²) in [5.41, 5.74) is 0. The highest BCUT2D eigenvalue weighted by Crippen LogP contribution is 2.20. The largest absolute Gasteiger partial charge is 0.317 e. The van der Waals surface area contributed by atoms with Crippen LogP contribution in [0.5, 0.6) is 0 Å². The lowest BCUT2D eigenvalue weighted by Gasteiger charge is -2.24. The van der Waals surface area contributed by atoms with Gasteiger partial charge in [0.15, 0.2) is 0 Å². The van der Waals surface area contributed by atoms with Gasteiger partial charge in [0.25, 0.3) is 16.5 Å². The van der Waals surface area contributed by atoms with Crippen molar-refractivity contribution in [2.75, 3.05) is 13.1 Å². The molecule has 0 aliphatic carbocycles. The fourth-order valence-corrected chi connectivity index (χ4v) is 1.69. The lowest BCUT2D eigenvalue weighted by atomic mass is 9.94. The SMILES string of the molecule is O=[N+]([O-])OC(CC1CCNCC1)O[N+](=O)[O-]. The highest BCUT2D eigenvalue weighted by Gasteiger charge is 2.24. The quantitative estimate of drug-likeness (QED) is 0.394. The Morgan fingerprint density at radius 3 is 2.12 bits per heavy atom. The molecule has 0 bridgehead atoms. The Bertz CT molecular complexity index is 239. The predicted octanol–water partition coefficient (Wildman–Crippen LogP) is 0.119. The van der Waals surface area contributed by atoms with Gasteiger partial charge in [0.1, 0.15) is 0 Å². The molecule has 0 aromatic rings. The molecular formula is C7H13N3O6. The van der Waals surface area contributed by atoms with Crippen molar-refractivity contribution >= 4 is 0 Å². The summed E-state index contributed by atoms with van der Waals surface area (Å²) in [6, 6.07) is 0. The van der Waals surface area contributed by atoms with Crippen LogP contribution in [0.25, 0.3) is 0 Å². The molecular weight excluding hydrogens is 222 g/mol. The zero-order valence-electron chi connectivity index (χ0n) is 8.53. The van der Waals surface area contributed by atoms with Crippen molar-refractivity contribution in [1.29, 1.82) is 0 Å². The predicted molar refractivity (Wildman–Crippen MR) is 50.2 cm³/mol. The van der Waals surface area contributed by atoms with Gasteiger partial charge in [0, 0.05) is 6.42 Å². The average molecular weight is 235 g/mol. The van der Waals surface area contributed by atoms with E-state index in [-0.39, 0.29) is 12.3 Å². The average Bonchev–Trinajstić information content (AvgIpc) is 2.16. The lowest BCUT2D eigenvalue weighted by molar-refractivity contribution is -0.851. The first kappa shape index (κ1) is 12.4. The van der Waals surface area contributed by atoms with Crippen LogP contribution in [0, 0.1) is 26.1 Å². The Labute approximate surface area is 90.9 Å². The Hall–Kier alpha value is -1.64. The molecule has 0 saturated carbocycles. The van der Waals surface area contributed by atoms with Gasteiger partial charge in [-0.05, 0) is 31.8 Å². The molecule has 16 heavy (non-hydrogen) atoms. The van der Waals surface area contributed by atoms with E-state index in [4.69, 9.17) is 0 Å². The fourth-order valence-electron chi connectivity index (χ4n) is 1.69. The molecule has 0 radical (unpaired) electrons. The third kappa shape index (κ3) is 4.73. The second-order valence-corrected chi connectivity index (χ2v) is 3.52. The second kappa shape index (κ2) is 6.05. The van der Waals surface area contributed by atoms with E-state index in [9.17, 15) is 20.2 Å². The van der Waals surface area contributed by atoms with Crippen LogP contribution < -0.4 is 5.32 Å². The van der Waals surface area contributed by atoms with Crippen LogP contribution in [-0.2, 0) is 9.68 Å². The van der Waals surface area contributed by atoms with Gasteiger partial charge in [-0.25, -0.2) is 0 Å². The van der Waals surface area contributed by atoms with Gasteiger partial charge in [-0.1, -0.05) is 0 Å². The molecule has 9 heteroatoms. The molecule has 1 aliphatic rings. The minimum atomic E-state index is -1.42. The third-order valence-electron chi connectivity index (χ3n) is 2.39. The maximum absolute atomic E-state index is 10.1. The summed E-state index contributed by atoms with van der Waals surface area (Å²) in [6.45, 7) is 1.60. The highest BCUT2D eigenvalue weighted by atomic mass is 17.0. The van der Waals surface area contributed by atoms with Gasteiger partial charge in [0.05, 0.1) is 0 Å². The van der Waals surface area contributed by atoms with Crippen LogP contribution in [0.15, 0.2) is 0 Å². The Balaban J connectivity index is 2.40. The normalized spacial score (nSPS) is 17.1. The van der Waals surface area contributed by atoms with Gasteiger partial charge < -0.3 is 5.32 Å². The Morgan fingerprint density at radius 1 is 1.19 bits per heavy atom. The van der Waals surface area contributed by atoms with E-state index in [1.165, 1.54) is 0 Å². The number of hydrogen-bond donors (Lipinski definition) is 1. The zero-order chi connectivity index (χ0) is 12.0. The van der Waals surface area contributed by atoms with Crippen LogP contribution in [0.1, 0.15) is 19.3 Å². The number of hydrogen-bond acceptors (Lipinski definition) is 7. The van der Waals surface area contributed by atoms with Crippen molar-refractivity contribution in [3.05, 3.63) is 20.2 Å².